The molecule has 0 N–H and O–H groups in total. The summed E-state index contributed by atoms with van der Waals surface area (Å²) in [5.41, 5.74) is 19.7. The molecule has 60 heavy (non-hydrogen) atoms. The van der Waals surface area contributed by atoms with Gasteiger partial charge in [-0.1, -0.05) is 178 Å². The Morgan fingerprint density at radius 3 is 1.60 bits per heavy atom. The van der Waals surface area contributed by atoms with Gasteiger partial charge < -0.3 is 9.47 Å². The van der Waals surface area contributed by atoms with E-state index in [1.807, 2.05) is 0 Å². The first-order valence-electron chi connectivity index (χ1n) is 21.0. The molecule has 2 nitrogen and oxygen atoms in total. The zero-order chi connectivity index (χ0) is 40.0. The predicted molar refractivity (Wildman–Crippen MR) is 250 cm³/mol. The summed E-state index contributed by atoms with van der Waals surface area (Å²) in [7, 11) is 0. The third-order valence-corrected chi connectivity index (χ3v) is 13.5. The van der Waals surface area contributed by atoms with Crippen LogP contribution in [0.25, 0.3) is 49.7 Å². The molecule has 9 aromatic carbocycles. The van der Waals surface area contributed by atoms with Crippen LogP contribution < -0.4 is 4.90 Å². The molecule has 0 radical (unpaired) electrons. The van der Waals surface area contributed by atoms with Crippen molar-refractivity contribution in [2.75, 3.05) is 4.90 Å². The van der Waals surface area contributed by atoms with Crippen LogP contribution in [0.5, 0.6) is 0 Å². The molecule has 12 rings (SSSR count). The lowest BCUT2D eigenvalue weighted by Gasteiger charge is -2.46. The van der Waals surface area contributed by atoms with E-state index in [1.54, 1.807) is 0 Å². The monoisotopic (exact) mass is 766 g/mol. The van der Waals surface area contributed by atoms with Crippen molar-refractivity contribution in [3.8, 4) is 27.9 Å². The van der Waals surface area contributed by atoms with Gasteiger partial charge in [-0.2, -0.15) is 0 Å². The Balaban J connectivity index is 1.03. The highest BCUT2D eigenvalue weighted by molar-refractivity contribution is 6.10. The van der Waals surface area contributed by atoms with Crippen molar-refractivity contribution in [2.45, 2.75) is 24.7 Å². The molecule has 1 spiro atoms. The zero-order valence-corrected chi connectivity index (χ0v) is 33.7. The maximum Gasteiger partial charge on any atom is 0.0719 e. The van der Waals surface area contributed by atoms with Crippen LogP contribution in [0.1, 0.15) is 47.2 Å². The summed E-state index contributed by atoms with van der Waals surface area (Å²) < 4.78 is 2.39. The standard InChI is InChI=1S/C58H42N2/c1-57(2)49-26-12-14-28-51(49)58(52-29-15-13-27-50(52)57)48-25-11-9-23-47(48)56-44(24-17-30-53(56)58)39-32-34-42(35-33-39)59(40-18-5-3-6-19-40)43-36-37-46-45-22-10-16-31-54(45)60(55(46)38-43)41-20-7-4-8-21-41/h3-38H,1-2H3. The molecule has 0 saturated carbocycles. The minimum Gasteiger partial charge on any atom is -0.310 e. The maximum atomic E-state index is 2.39. The first-order valence-corrected chi connectivity index (χ1v) is 21.0. The van der Waals surface area contributed by atoms with E-state index < -0.39 is 5.41 Å². The number of rotatable bonds is 5. The molecule has 0 aliphatic heterocycles. The van der Waals surface area contributed by atoms with E-state index in [2.05, 4.69) is 242 Å². The van der Waals surface area contributed by atoms with Crippen molar-refractivity contribution in [1.29, 1.82) is 0 Å². The van der Waals surface area contributed by atoms with Crippen LogP contribution in [0.4, 0.5) is 17.1 Å². The summed E-state index contributed by atoms with van der Waals surface area (Å²) in [6.45, 7) is 4.77. The Morgan fingerprint density at radius 1 is 0.367 bits per heavy atom. The summed E-state index contributed by atoms with van der Waals surface area (Å²) in [6, 6.07) is 80.8. The number of para-hydroxylation sites is 3. The van der Waals surface area contributed by atoms with Crippen molar-refractivity contribution in [3.05, 3.63) is 252 Å². The average molecular weight is 767 g/mol. The minimum atomic E-state index is -0.421. The molecule has 2 heteroatoms. The van der Waals surface area contributed by atoms with E-state index in [0.29, 0.717) is 0 Å². The van der Waals surface area contributed by atoms with E-state index in [4.69, 9.17) is 0 Å². The van der Waals surface area contributed by atoms with Gasteiger partial charge in [-0.05, 0) is 110 Å². The summed E-state index contributed by atoms with van der Waals surface area (Å²) >= 11 is 0. The van der Waals surface area contributed by atoms with Crippen molar-refractivity contribution < 1.29 is 0 Å². The van der Waals surface area contributed by atoms with Gasteiger partial charge in [0, 0.05) is 38.9 Å². The van der Waals surface area contributed by atoms with Gasteiger partial charge in [-0.25, -0.2) is 0 Å². The Hall–Kier alpha value is -7.42. The topological polar surface area (TPSA) is 8.17 Å². The third-order valence-electron chi connectivity index (χ3n) is 13.5. The average Bonchev–Trinajstić information content (AvgIpc) is 3.80. The Bertz CT molecular complexity index is 3230. The smallest absolute Gasteiger partial charge is 0.0719 e. The Kier molecular flexibility index (Phi) is 7.52. The van der Waals surface area contributed by atoms with Crippen LogP contribution in [-0.2, 0) is 10.8 Å². The number of hydrogen-bond donors (Lipinski definition) is 0. The lowest BCUT2D eigenvalue weighted by Crippen LogP contribution is -2.40. The van der Waals surface area contributed by atoms with Crippen LogP contribution >= 0.6 is 0 Å². The number of hydrogen-bond acceptors (Lipinski definition) is 1. The molecule has 0 saturated heterocycles. The van der Waals surface area contributed by atoms with Gasteiger partial charge in [0.15, 0.2) is 0 Å². The first kappa shape index (κ1) is 34.6. The van der Waals surface area contributed by atoms with Crippen LogP contribution in [0.3, 0.4) is 0 Å². The summed E-state index contributed by atoms with van der Waals surface area (Å²) in [5.74, 6) is 0. The van der Waals surface area contributed by atoms with E-state index >= 15 is 0 Å². The van der Waals surface area contributed by atoms with E-state index in [0.717, 1.165) is 22.7 Å². The molecule has 2 aliphatic rings. The van der Waals surface area contributed by atoms with Gasteiger partial charge >= 0.3 is 0 Å². The normalized spacial score (nSPS) is 14.1. The van der Waals surface area contributed by atoms with Gasteiger partial charge in [0.2, 0.25) is 0 Å². The number of aromatic nitrogens is 1. The Labute approximate surface area is 351 Å². The largest absolute Gasteiger partial charge is 0.310 e. The fourth-order valence-corrected chi connectivity index (χ4v) is 10.9. The fourth-order valence-electron chi connectivity index (χ4n) is 10.9. The number of anilines is 3. The van der Waals surface area contributed by atoms with Crippen molar-refractivity contribution >= 4 is 38.9 Å². The van der Waals surface area contributed by atoms with Gasteiger partial charge in [-0.3, -0.25) is 0 Å². The second-order valence-corrected chi connectivity index (χ2v) is 16.8. The van der Waals surface area contributed by atoms with Gasteiger partial charge in [0.25, 0.3) is 0 Å². The molecule has 1 heterocycles. The second-order valence-electron chi connectivity index (χ2n) is 16.8. The van der Waals surface area contributed by atoms with Crippen molar-refractivity contribution in [3.63, 3.8) is 0 Å². The Morgan fingerprint density at radius 2 is 0.883 bits per heavy atom. The second kappa shape index (κ2) is 13.0. The zero-order valence-electron chi connectivity index (χ0n) is 33.7. The summed E-state index contributed by atoms with van der Waals surface area (Å²) in [6.07, 6.45) is 0. The summed E-state index contributed by atoms with van der Waals surface area (Å²) in [5, 5.41) is 2.49. The van der Waals surface area contributed by atoms with Gasteiger partial charge in [-0.15, -0.1) is 0 Å². The number of nitrogens with zero attached hydrogens (tertiary/aromatic N) is 2. The quantitative estimate of drug-likeness (QED) is 0.169. The first-order chi connectivity index (χ1) is 29.5. The van der Waals surface area contributed by atoms with Crippen molar-refractivity contribution in [1.82, 2.24) is 4.57 Å². The molecule has 2 aliphatic carbocycles. The van der Waals surface area contributed by atoms with E-state index in [9.17, 15) is 0 Å². The van der Waals surface area contributed by atoms with E-state index in [1.165, 1.54) is 77.4 Å². The van der Waals surface area contributed by atoms with Crippen LogP contribution in [0.15, 0.2) is 218 Å². The predicted octanol–water partition coefficient (Wildman–Crippen LogP) is 14.9. The lowest BCUT2D eigenvalue weighted by atomic mass is 9.55. The summed E-state index contributed by atoms with van der Waals surface area (Å²) in [4.78, 5) is 2.38. The van der Waals surface area contributed by atoms with Gasteiger partial charge in [0.05, 0.1) is 16.4 Å². The number of benzene rings is 9. The van der Waals surface area contributed by atoms with Crippen LogP contribution in [0, 0.1) is 0 Å². The van der Waals surface area contributed by atoms with Crippen molar-refractivity contribution in [2.24, 2.45) is 0 Å². The maximum absolute atomic E-state index is 2.39. The van der Waals surface area contributed by atoms with E-state index in [-0.39, 0.29) is 5.41 Å². The molecular formula is C58H42N2. The van der Waals surface area contributed by atoms with Gasteiger partial charge in [0.1, 0.15) is 0 Å². The fraction of sp³-hybridized carbons (Fsp3) is 0.0690. The molecule has 1 aromatic heterocycles. The highest BCUT2D eigenvalue weighted by atomic mass is 15.1. The number of fused-ring (bicyclic) bond motifs is 12. The molecule has 0 fully saturated rings. The van der Waals surface area contributed by atoms with Crippen LogP contribution in [0.2, 0.25) is 0 Å². The molecule has 0 amide bonds. The molecule has 0 unspecified atom stereocenters. The molecule has 0 bridgehead atoms. The molecule has 10 aromatic rings. The van der Waals surface area contributed by atoms with Crippen LogP contribution in [-0.4, -0.2) is 4.57 Å². The SMILES string of the molecule is CC1(C)c2ccccc2C2(c3ccccc3-c3c(-c4ccc(N(c5ccccc5)c5ccc6c7ccccc7n(-c7ccccc7)c6c5)cc4)cccc32)c2ccccc21. The molecular weight excluding hydrogens is 725 g/mol. The lowest BCUT2D eigenvalue weighted by molar-refractivity contribution is 0.563. The molecule has 0 atom stereocenters. The highest BCUT2D eigenvalue weighted by Gasteiger charge is 2.53. The highest BCUT2D eigenvalue weighted by Crippen LogP contribution is 2.63. The molecule has 284 valence electrons. The minimum absolute atomic E-state index is 0.128. The third kappa shape index (κ3) is 4.76.